The Hall–Kier alpha value is -0.410. The van der Waals surface area contributed by atoms with Gasteiger partial charge in [0, 0.05) is 6.54 Å². The van der Waals surface area contributed by atoms with Crippen molar-refractivity contribution < 1.29 is 4.39 Å². The summed E-state index contributed by atoms with van der Waals surface area (Å²) in [6.07, 6.45) is 2.21. The van der Waals surface area contributed by atoms with Gasteiger partial charge in [0.05, 0.1) is 4.47 Å². The van der Waals surface area contributed by atoms with E-state index >= 15 is 0 Å². The normalized spacial score (nSPS) is 20.9. The van der Waals surface area contributed by atoms with Gasteiger partial charge in [-0.3, -0.25) is 0 Å². The maximum atomic E-state index is 14.2. The number of benzene rings is 1. The molecule has 0 bridgehead atoms. The van der Waals surface area contributed by atoms with Crippen molar-refractivity contribution in [3.63, 3.8) is 0 Å². The summed E-state index contributed by atoms with van der Waals surface area (Å²) < 4.78 is 14.8. The molecule has 0 aliphatic carbocycles. The highest BCUT2D eigenvalue weighted by molar-refractivity contribution is 9.10. The fraction of sp³-hybridized carbons (Fsp3) is 0.571. The molecule has 1 heterocycles. The third kappa shape index (κ3) is 2.89. The van der Waals surface area contributed by atoms with Crippen LogP contribution in [0.3, 0.4) is 0 Å². The van der Waals surface area contributed by atoms with Gasteiger partial charge < -0.3 is 5.32 Å². The Morgan fingerprint density at radius 1 is 1.41 bits per heavy atom. The van der Waals surface area contributed by atoms with Gasteiger partial charge in [-0.15, -0.1) is 0 Å². The van der Waals surface area contributed by atoms with E-state index in [-0.39, 0.29) is 5.82 Å². The van der Waals surface area contributed by atoms with Gasteiger partial charge in [0.25, 0.3) is 0 Å². The molecule has 0 radical (unpaired) electrons. The Morgan fingerprint density at radius 3 is 2.76 bits per heavy atom. The summed E-state index contributed by atoms with van der Waals surface area (Å²) in [6.45, 7) is 6.24. The summed E-state index contributed by atoms with van der Waals surface area (Å²) in [5, 5.41) is 3.35. The lowest BCUT2D eigenvalue weighted by Crippen LogP contribution is -2.29. The van der Waals surface area contributed by atoms with Crippen molar-refractivity contribution >= 4 is 15.9 Å². The number of nitrogens with one attached hydrogen (secondary N) is 1. The number of rotatable bonds is 2. The van der Waals surface area contributed by atoms with Crippen LogP contribution in [0.4, 0.5) is 4.39 Å². The molecule has 17 heavy (non-hydrogen) atoms. The Labute approximate surface area is 111 Å². The van der Waals surface area contributed by atoms with Crippen molar-refractivity contribution in [1.29, 1.82) is 0 Å². The summed E-state index contributed by atoms with van der Waals surface area (Å²) in [6, 6.07) is 3.95. The van der Waals surface area contributed by atoms with Crippen molar-refractivity contribution in [2.75, 3.05) is 13.1 Å². The molecule has 0 spiro atoms. The van der Waals surface area contributed by atoms with Crippen molar-refractivity contribution in [3.05, 3.63) is 33.5 Å². The van der Waals surface area contributed by atoms with Gasteiger partial charge in [0.1, 0.15) is 5.82 Å². The summed E-state index contributed by atoms with van der Waals surface area (Å²) in [5.41, 5.74) is 2.08. The van der Waals surface area contributed by atoms with E-state index in [0.717, 1.165) is 31.5 Å². The predicted octanol–water partition coefficient (Wildman–Crippen LogP) is 4.18. The zero-order chi connectivity index (χ0) is 12.4. The molecule has 1 nitrogen and oxygen atoms in total. The molecule has 1 N–H and O–H groups in total. The van der Waals surface area contributed by atoms with Crippen LogP contribution >= 0.6 is 15.9 Å². The molecular formula is C14H19BrFN. The van der Waals surface area contributed by atoms with E-state index in [9.17, 15) is 4.39 Å². The SMILES string of the molecule is CC(C)c1cc(Br)c(F)c(C2CCCNC2)c1. The number of hydrogen-bond acceptors (Lipinski definition) is 1. The molecule has 3 heteroatoms. The quantitative estimate of drug-likeness (QED) is 0.864. The van der Waals surface area contributed by atoms with E-state index in [1.165, 1.54) is 5.56 Å². The van der Waals surface area contributed by atoms with Crippen LogP contribution in [-0.4, -0.2) is 13.1 Å². The smallest absolute Gasteiger partial charge is 0.140 e. The van der Waals surface area contributed by atoms with Crippen LogP contribution in [0.25, 0.3) is 0 Å². The van der Waals surface area contributed by atoms with E-state index in [0.29, 0.717) is 16.3 Å². The first kappa shape index (κ1) is 13.0. The first-order valence-corrected chi connectivity index (χ1v) is 7.08. The van der Waals surface area contributed by atoms with Crippen LogP contribution in [0.1, 0.15) is 49.7 Å². The van der Waals surface area contributed by atoms with Crippen molar-refractivity contribution in [3.8, 4) is 0 Å². The van der Waals surface area contributed by atoms with Gasteiger partial charge >= 0.3 is 0 Å². The molecule has 1 saturated heterocycles. The van der Waals surface area contributed by atoms with E-state index in [1.807, 2.05) is 12.1 Å². The minimum atomic E-state index is -0.0805. The zero-order valence-corrected chi connectivity index (χ0v) is 12.0. The van der Waals surface area contributed by atoms with Gasteiger partial charge in [0.2, 0.25) is 0 Å². The van der Waals surface area contributed by atoms with Gasteiger partial charge in [-0.25, -0.2) is 4.39 Å². The highest BCUT2D eigenvalue weighted by atomic mass is 79.9. The topological polar surface area (TPSA) is 12.0 Å². The molecule has 1 fully saturated rings. The van der Waals surface area contributed by atoms with Crippen LogP contribution in [0.5, 0.6) is 0 Å². The molecule has 0 aromatic heterocycles. The highest BCUT2D eigenvalue weighted by Crippen LogP contribution is 2.32. The Kier molecular flexibility index (Phi) is 4.21. The molecule has 1 aliphatic heterocycles. The van der Waals surface area contributed by atoms with Crippen LogP contribution < -0.4 is 5.32 Å². The first-order chi connectivity index (χ1) is 8.09. The summed E-state index contributed by atoms with van der Waals surface area (Å²) in [4.78, 5) is 0. The van der Waals surface area contributed by atoms with Crippen LogP contribution in [-0.2, 0) is 0 Å². The summed E-state index contributed by atoms with van der Waals surface area (Å²) in [7, 11) is 0. The van der Waals surface area contributed by atoms with Crippen LogP contribution in [0.15, 0.2) is 16.6 Å². The molecule has 2 rings (SSSR count). The van der Waals surface area contributed by atoms with E-state index in [2.05, 4.69) is 35.1 Å². The van der Waals surface area contributed by atoms with E-state index in [4.69, 9.17) is 0 Å². The average Bonchev–Trinajstić information content (AvgIpc) is 2.33. The number of hydrogen-bond donors (Lipinski definition) is 1. The third-order valence-electron chi connectivity index (χ3n) is 3.48. The second-order valence-corrected chi connectivity index (χ2v) is 5.96. The standard InChI is InChI=1S/C14H19BrFN/c1-9(2)11-6-12(14(16)13(15)7-11)10-4-3-5-17-8-10/h6-7,9-10,17H,3-5,8H2,1-2H3. The number of halogens is 2. The van der Waals surface area contributed by atoms with Gasteiger partial charge in [-0.1, -0.05) is 19.9 Å². The Bertz CT molecular complexity index is 397. The predicted molar refractivity (Wildman–Crippen MR) is 73.0 cm³/mol. The van der Waals surface area contributed by atoms with E-state index in [1.54, 1.807) is 0 Å². The lowest BCUT2D eigenvalue weighted by atomic mass is 9.88. The van der Waals surface area contributed by atoms with Gasteiger partial charge in [0.15, 0.2) is 0 Å². The highest BCUT2D eigenvalue weighted by Gasteiger charge is 2.21. The lowest BCUT2D eigenvalue weighted by Gasteiger charge is -2.24. The van der Waals surface area contributed by atoms with Crippen LogP contribution in [0, 0.1) is 5.82 Å². The van der Waals surface area contributed by atoms with Crippen LogP contribution in [0.2, 0.25) is 0 Å². The first-order valence-electron chi connectivity index (χ1n) is 6.29. The number of piperidine rings is 1. The average molecular weight is 300 g/mol. The van der Waals surface area contributed by atoms with E-state index < -0.39 is 0 Å². The fourth-order valence-electron chi connectivity index (χ4n) is 2.38. The maximum Gasteiger partial charge on any atom is 0.140 e. The zero-order valence-electron chi connectivity index (χ0n) is 10.4. The maximum absolute atomic E-state index is 14.2. The molecule has 1 aliphatic rings. The van der Waals surface area contributed by atoms with Crippen molar-refractivity contribution in [2.45, 2.75) is 38.5 Å². The molecule has 1 unspecified atom stereocenters. The molecule has 1 atom stereocenters. The van der Waals surface area contributed by atoms with Crippen molar-refractivity contribution in [1.82, 2.24) is 5.32 Å². The van der Waals surface area contributed by atoms with Crippen molar-refractivity contribution in [2.24, 2.45) is 0 Å². The van der Waals surface area contributed by atoms with Gasteiger partial charge in [-0.2, -0.15) is 0 Å². The minimum absolute atomic E-state index is 0.0805. The molecule has 94 valence electrons. The Morgan fingerprint density at radius 2 is 2.18 bits per heavy atom. The van der Waals surface area contributed by atoms with Gasteiger partial charge in [-0.05, 0) is 64.3 Å². The lowest BCUT2D eigenvalue weighted by molar-refractivity contribution is 0.445. The molecular weight excluding hydrogens is 281 g/mol. The minimum Gasteiger partial charge on any atom is -0.316 e. The third-order valence-corrected chi connectivity index (χ3v) is 4.06. The largest absolute Gasteiger partial charge is 0.316 e. The fourth-order valence-corrected chi connectivity index (χ4v) is 2.87. The second kappa shape index (κ2) is 5.49. The molecule has 0 amide bonds. The monoisotopic (exact) mass is 299 g/mol. The molecule has 0 saturated carbocycles. The molecule has 1 aromatic carbocycles. The summed E-state index contributed by atoms with van der Waals surface area (Å²) >= 11 is 3.34. The summed E-state index contributed by atoms with van der Waals surface area (Å²) in [5.74, 6) is 0.670. The Balaban J connectivity index is 2.36. The molecule has 1 aromatic rings. The second-order valence-electron chi connectivity index (χ2n) is 5.10.